The van der Waals surface area contributed by atoms with Crippen molar-refractivity contribution in [3.8, 4) is 5.69 Å². The molecule has 0 aliphatic rings. The van der Waals surface area contributed by atoms with Gasteiger partial charge in [0.2, 0.25) is 0 Å². The summed E-state index contributed by atoms with van der Waals surface area (Å²) in [5.74, 6) is -0.457. The van der Waals surface area contributed by atoms with Crippen LogP contribution in [-0.4, -0.2) is 29.9 Å². The molecule has 4 aromatic rings. The molecule has 0 unspecified atom stereocenters. The van der Waals surface area contributed by atoms with E-state index in [4.69, 9.17) is 0 Å². The van der Waals surface area contributed by atoms with Crippen molar-refractivity contribution < 1.29 is 4.79 Å². The number of fused-ring (bicyclic) bond motifs is 1. The van der Waals surface area contributed by atoms with E-state index in [0.717, 1.165) is 5.69 Å². The molecule has 1 N–H and O–H groups in total. The molecule has 0 atom stereocenters. The highest BCUT2D eigenvalue weighted by molar-refractivity contribution is 6.03. The van der Waals surface area contributed by atoms with E-state index in [1.807, 2.05) is 30.3 Å². The predicted octanol–water partition coefficient (Wildman–Crippen LogP) is 1.78. The van der Waals surface area contributed by atoms with Gasteiger partial charge in [-0.2, -0.15) is 5.10 Å². The van der Waals surface area contributed by atoms with Gasteiger partial charge in [-0.25, -0.2) is 14.2 Å². The van der Waals surface area contributed by atoms with Crippen molar-refractivity contribution in [1.29, 1.82) is 0 Å². The zero-order chi connectivity index (χ0) is 18.3. The molecule has 0 fully saturated rings. The number of nitrogens with zero attached hydrogens (tertiary/aromatic N) is 5. The van der Waals surface area contributed by atoms with E-state index in [-0.39, 0.29) is 16.9 Å². The molecule has 0 aliphatic carbocycles. The second-order valence-corrected chi connectivity index (χ2v) is 5.84. The highest BCUT2D eigenvalue weighted by Gasteiger charge is 2.20. The quantitative estimate of drug-likeness (QED) is 0.611. The lowest BCUT2D eigenvalue weighted by Gasteiger charge is -2.07. The van der Waals surface area contributed by atoms with Gasteiger partial charge in [0, 0.05) is 25.5 Å². The topological polar surface area (TPSA) is 86.2 Å². The Morgan fingerprint density at radius 2 is 1.92 bits per heavy atom. The first-order valence-corrected chi connectivity index (χ1v) is 8.02. The second kappa shape index (κ2) is 5.99. The molecular formula is C18H16N6O2. The number of carbonyl (C=O) groups excluding carboxylic acids is 1. The molecule has 8 heteroatoms. The molecule has 0 aliphatic heterocycles. The number of rotatable bonds is 3. The highest BCUT2D eigenvalue weighted by atomic mass is 16.2. The standard InChI is InChI=1S/C18H16N6O2/c1-12-16(18(26)24(22(12)2)13-7-4-3-5-8-13)20-17(25)14-11-15-19-9-6-10-23(15)21-14/h3-11H,1-2H3,(H,20,25). The molecule has 0 radical (unpaired) electrons. The number of nitrogens with one attached hydrogen (secondary N) is 1. The van der Waals surface area contributed by atoms with Crippen LogP contribution in [0, 0.1) is 6.92 Å². The Bertz CT molecular complexity index is 1140. The van der Waals surface area contributed by atoms with Crippen LogP contribution in [0.5, 0.6) is 0 Å². The number of para-hydroxylation sites is 1. The lowest BCUT2D eigenvalue weighted by Crippen LogP contribution is -2.23. The first-order valence-electron chi connectivity index (χ1n) is 8.02. The summed E-state index contributed by atoms with van der Waals surface area (Å²) in [4.78, 5) is 29.5. The Hall–Kier alpha value is -3.68. The number of hydrogen-bond donors (Lipinski definition) is 1. The number of amides is 1. The largest absolute Gasteiger partial charge is 0.314 e. The molecule has 1 amide bonds. The summed E-state index contributed by atoms with van der Waals surface area (Å²) in [6.45, 7) is 1.78. The molecule has 8 nitrogen and oxygen atoms in total. The molecule has 3 heterocycles. The number of carbonyl (C=O) groups is 1. The maximum atomic E-state index is 12.8. The van der Waals surface area contributed by atoms with Gasteiger partial charge in [0.1, 0.15) is 5.69 Å². The normalized spacial score (nSPS) is 11.0. The Labute approximate surface area is 148 Å². The average molecular weight is 348 g/mol. The summed E-state index contributed by atoms with van der Waals surface area (Å²) in [5, 5.41) is 6.87. The molecule has 0 saturated heterocycles. The molecule has 3 aromatic heterocycles. The van der Waals surface area contributed by atoms with Crippen molar-refractivity contribution >= 4 is 17.2 Å². The monoisotopic (exact) mass is 348 g/mol. The van der Waals surface area contributed by atoms with Crippen LogP contribution in [0.3, 0.4) is 0 Å². The van der Waals surface area contributed by atoms with Gasteiger partial charge in [-0.3, -0.25) is 14.3 Å². The summed E-state index contributed by atoms with van der Waals surface area (Å²) >= 11 is 0. The first-order chi connectivity index (χ1) is 12.6. The van der Waals surface area contributed by atoms with Crippen LogP contribution in [0.4, 0.5) is 5.69 Å². The van der Waals surface area contributed by atoms with Crippen LogP contribution < -0.4 is 10.9 Å². The van der Waals surface area contributed by atoms with E-state index in [0.29, 0.717) is 11.3 Å². The summed E-state index contributed by atoms with van der Waals surface area (Å²) in [6, 6.07) is 12.5. The fourth-order valence-electron chi connectivity index (χ4n) is 2.83. The summed E-state index contributed by atoms with van der Waals surface area (Å²) in [7, 11) is 1.77. The van der Waals surface area contributed by atoms with E-state index < -0.39 is 5.91 Å². The molecule has 4 rings (SSSR count). The highest BCUT2D eigenvalue weighted by Crippen LogP contribution is 2.15. The van der Waals surface area contributed by atoms with Crippen molar-refractivity contribution in [2.75, 3.05) is 5.32 Å². The van der Waals surface area contributed by atoms with Gasteiger partial charge in [-0.1, -0.05) is 18.2 Å². The Kier molecular flexibility index (Phi) is 3.65. The van der Waals surface area contributed by atoms with E-state index in [2.05, 4.69) is 15.4 Å². The Morgan fingerprint density at radius 3 is 2.65 bits per heavy atom. The van der Waals surface area contributed by atoms with Crippen LogP contribution in [0.1, 0.15) is 16.2 Å². The minimum absolute atomic E-state index is 0.192. The van der Waals surface area contributed by atoms with Crippen LogP contribution in [0.15, 0.2) is 59.7 Å². The van der Waals surface area contributed by atoms with Gasteiger partial charge in [0.05, 0.1) is 11.4 Å². The lowest BCUT2D eigenvalue weighted by molar-refractivity contribution is 0.102. The van der Waals surface area contributed by atoms with Crippen LogP contribution in [-0.2, 0) is 7.05 Å². The Morgan fingerprint density at radius 1 is 1.15 bits per heavy atom. The maximum Gasteiger partial charge on any atom is 0.295 e. The van der Waals surface area contributed by atoms with Gasteiger partial charge in [-0.05, 0) is 25.1 Å². The van der Waals surface area contributed by atoms with E-state index in [1.54, 1.807) is 43.2 Å². The number of anilines is 1. The third-order valence-electron chi connectivity index (χ3n) is 4.26. The second-order valence-electron chi connectivity index (χ2n) is 5.84. The van der Waals surface area contributed by atoms with Gasteiger partial charge in [0.15, 0.2) is 11.3 Å². The van der Waals surface area contributed by atoms with E-state index in [1.165, 1.54) is 9.20 Å². The zero-order valence-corrected chi connectivity index (χ0v) is 14.2. The molecule has 130 valence electrons. The fourth-order valence-corrected chi connectivity index (χ4v) is 2.83. The summed E-state index contributed by atoms with van der Waals surface area (Å²) in [6.07, 6.45) is 3.33. The lowest BCUT2D eigenvalue weighted by atomic mass is 10.3. The third-order valence-corrected chi connectivity index (χ3v) is 4.26. The molecule has 0 spiro atoms. The molecule has 0 saturated carbocycles. The predicted molar refractivity (Wildman–Crippen MR) is 96.7 cm³/mol. The van der Waals surface area contributed by atoms with Crippen molar-refractivity contribution in [2.45, 2.75) is 6.92 Å². The minimum atomic E-state index is -0.457. The van der Waals surface area contributed by atoms with Crippen molar-refractivity contribution in [3.05, 3.63) is 76.6 Å². The smallest absolute Gasteiger partial charge is 0.295 e. The number of aromatic nitrogens is 5. The van der Waals surface area contributed by atoms with Gasteiger partial charge in [0.25, 0.3) is 11.5 Å². The van der Waals surface area contributed by atoms with Gasteiger partial charge in [-0.15, -0.1) is 0 Å². The van der Waals surface area contributed by atoms with Crippen LogP contribution in [0.25, 0.3) is 11.3 Å². The Balaban J connectivity index is 1.72. The number of benzene rings is 1. The zero-order valence-electron chi connectivity index (χ0n) is 14.2. The van der Waals surface area contributed by atoms with Crippen molar-refractivity contribution in [3.63, 3.8) is 0 Å². The maximum absolute atomic E-state index is 12.8. The summed E-state index contributed by atoms with van der Waals surface area (Å²) < 4.78 is 4.73. The van der Waals surface area contributed by atoms with Crippen molar-refractivity contribution in [1.82, 2.24) is 24.0 Å². The average Bonchev–Trinajstić information content (AvgIpc) is 3.18. The fraction of sp³-hybridized carbons (Fsp3) is 0.111. The van der Waals surface area contributed by atoms with Gasteiger partial charge >= 0.3 is 0 Å². The number of hydrogen-bond acceptors (Lipinski definition) is 4. The molecular weight excluding hydrogens is 332 g/mol. The van der Waals surface area contributed by atoms with E-state index in [9.17, 15) is 9.59 Å². The van der Waals surface area contributed by atoms with Crippen LogP contribution in [0.2, 0.25) is 0 Å². The van der Waals surface area contributed by atoms with Crippen LogP contribution >= 0.6 is 0 Å². The SMILES string of the molecule is Cc1c(NC(=O)c2cc3ncccn3n2)c(=O)n(-c2ccccc2)n1C. The molecule has 1 aromatic carbocycles. The van der Waals surface area contributed by atoms with E-state index >= 15 is 0 Å². The molecule has 26 heavy (non-hydrogen) atoms. The van der Waals surface area contributed by atoms with Gasteiger partial charge < -0.3 is 5.32 Å². The summed E-state index contributed by atoms with van der Waals surface area (Å²) in [5.41, 5.74) is 2.05. The minimum Gasteiger partial charge on any atom is -0.314 e. The van der Waals surface area contributed by atoms with Crippen molar-refractivity contribution in [2.24, 2.45) is 7.05 Å². The third kappa shape index (κ3) is 2.48. The first kappa shape index (κ1) is 15.8. The molecule has 0 bridgehead atoms.